The minimum atomic E-state index is -5.57. The van der Waals surface area contributed by atoms with Gasteiger partial charge in [-0.05, 0) is 42.0 Å². The van der Waals surface area contributed by atoms with E-state index in [1.54, 1.807) is 24.4 Å². The van der Waals surface area contributed by atoms with Gasteiger partial charge in [0.1, 0.15) is 6.04 Å². The molecular formula is C22H18F3N3O5S. The van der Waals surface area contributed by atoms with Crippen LogP contribution in [0.15, 0.2) is 65.7 Å². The second-order valence-electron chi connectivity index (χ2n) is 7.54. The van der Waals surface area contributed by atoms with Gasteiger partial charge in [0.25, 0.3) is 15.7 Å². The molecule has 0 spiro atoms. The first kappa shape index (κ1) is 23.6. The molecule has 2 aromatic carbocycles. The van der Waals surface area contributed by atoms with Crippen LogP contribution in [-0.4, -0.2) is 53.5 Å². The number of nitrogens with zero attached hydrogens (tertiary/aromatic N) is 3. The van der Waals surface area contributed by atoms with Gasteiger partial charge in [0, 0.05) is 31.2 Å². The summed E-state index contributed by atoms with van der Waals surface area (Å²) >= 11 is 0. The van der Waals surface area contributed by atoms with E-state index in [9.17, 15) is 36.3 Å². The van der Waals surface area contributed by atoms with E-state index < -0.39 is 38.2 Å². The number of hydrogen-bond donors (Lipinski definition) is 1. The van der Waals surface area contributed by atoms with Gasteiger partial charge in [-0.15, -0.1) is 0 Å². The normalized spacial score (nSPS) is 17.1. The minimum absolute atomic E-state index is 0.0231. The number of aromatic nitrogens is 1. The number of carbonyl (C=O) groups excluding carboxylic acids is 2. The third kappa shape index (κ3) is 3.99. The van der Waals surface area contributed by atoms with Crippen LogP contribution in [0, 0.1) is 0 Å². The summed E-state index contributed by atoms with van der Waals surface area (Å²) in [5.41, 5.74) is -4.16. The zero-order chi connectivity index (χ0) is 24.7. The van der Waals surface area contributed by atoms with E-state index in [0.29, 0.717) is 23.2 Å². The van der Waals surface area contributed by atoms with Crippen molar-refractivity contribution >= 4 is 38.4 Å². The molecule has 1 N–H and O–H groups in total. The molecule has 1 aliphatic heterocycles. The number of fused-ring (bicyclic) bond motifs is 1. The van der Waals surface area contributed by atoms with Crippen molar-refractivity contribution in [3.63, 3.8) is 0 Å². The Morgan fingerprint density at radius 1 is 1.00 bits per heavy atom. The monoisotopic (exact) mass is 493 g/mol. The highest BCUT2D eigenvalue weighted by Gasteiger charge is 2.48. The van der Waals surface area contributed by atoms with Crippen LogP contribution in [0.2, 0.25) is 0 Å². The topological polar surface area (TPSA) is 108 Å². The predicted molar refractivity (Wildman–Crippen MR) is 115 cm³/mol. The quantitative estimate of drug-likeness (QED) is 0.529. The standard InChI is InChI=1S/C22H18F3N3O5S/c23-22(24,25)34(32,33)16-7-5-15(6-8-16)28-20(30)19(10-12-29)27(21(28)31)13-14-9-11-26-18-4-2-1-3-17(14)18/h1-9,11,19,29H,10,12-13H2/t19-/m1/s1. The number of sulfone groups is 1. The highest BCUT2D eigenvalue weighted by molar-refractivity contribution is 7.92. The van der Waals surface area contributed by atoms with Crippen molar-refractivity contribution in [1.82, 2.24) is 9.88 Å². The van der Waals surface area contributed by atoms with Crippen LogP contribution >= 0.6 is 0 Å². The molecule has 1 aromatic heterocycles. The molecule has 0 bridgehead atoms. The average molecular weight is 493 g/mol. The van der Waals surface area contributed by atoms with Crippen LogP contribution in [0.3, 0.4) is 0 Å². The molecule has 8 nitrogen and oxygen atoms in total. The van der Waals surface area contributed by atoms with Gasteiger partial charge in [-0.25, -0.2) is 18.1 Å². The molecule has 3 amide bonds. The summed E-state index contributed by atoms with van der Waals surface area (Å²) in [6.07, 6.45) is 1.52. The molecule has 1 aliphatic rings. The van der Waals surface area contributed by atoms with E-state index >= 15 is 0 Å². The fraction of sp³-hybridized carbons (Fsp3) is 0.227. The van der Waals surface area contributed by atoms with Gasteiger partial charge in [-0.1, -0.05) is 18.2 Å². The highest BCUT2D eigenvalue weighted by Crippen LogP contribution is 2.33. The SMILES string of the molecule is O=C1[C@@H](CCO)N(Cc2ccnc3ccccc23)C(=O)N1c1ccc(S(=O)(=O)C(F)(F)F)cc1. The molecule has 178 valence electrons. The van der Waals surface area contributed by atoms with E-state index in [1.165, 1.54) is 4.90 Å². The first-order valence-electron chi connectivity index (χ1n) is 10.1. The molecule has 0 unspecified atom stereocenters. The van der Waals surface area contributed by atoms with Crippen molar-refractivity contribution in [3.8, 4) is 0 Å². The third-order valence-corrected chi connectivity index (χ3v) is 7.01. The second-order valence-corrected chi connectivity index (χ2v) is 9.48. The summed E-state index contributed by atoms with van der Waals surface area (Å²) in [6, 6.07) is 10.5. The number of rotatable bonds is 6. The lowest BCUT2D eigenvalue weighted by Crippen LogP contribution is -2.35. The fourth-order valence-corrected chi connectivity index (χ4v) is 4.60. The Labute approximate surface area is 192 Å². The van der Waals surface area contributed by atoms with Crippen LogP contribution < -0.4 is 4.90 Å². The second kappa shape index (κ2) is 8.69. The van der Waals surface area contributed by atoms with Gasteiger partial charge in [0.2, 0.25) is 0 Å². The van der Waals surface area contributed by atoms with E-state index in [0.717, 1.165) is 22.4 Å². The van der Waals surface area contributed by atoms with Gasteiger partial charge in [-0.3, -0.25) is 9.78 Å². The van der Waals surface area contributed by atoms with Crippen molar-refractivity contribution in [1.29, 1.82) is 0 Å². The molecule has 0 saturated carbocycles. The Kier molecular flexibility index (Phi) is 6.04. The average Bonchev–Trinajstić information content (AvgIpc) is 3.03. The first-order valence-corrected chi connectivity index (χ1v) is 11.5. The van der Waals surface area contributed by atoms with Crippen molar-refractivity contribution in [2.24, 2.45) is 0 Å². The van der Waals surface area contributed by atoms with Gasteiger partial charge < -0.3 is 10.0 Å². The zero-order valence-corrected chi connectivity index (χ0v) is 18.3. The van der Waals surface area contributed by atoms with Crippen LogP contribution in [0.25, 0.3) is 10.9 Å². The molecular weight excluding hydrogens is 475 g/mol. The van der Waals surface area contributed by atoms with E-state index in [-0.39, 0.29) is 25.3 Å². The van der Waals surface area contributed by atoms with Gasteiger partial charge >= 0.3 is 11.5 Å². The van der Waals surface area contributed by atoms with Crippen LogP contribution in [0.4, 0.5) is 23.7 Å². The molecule has 34 heavy (non-hydrogen) atoms. The Bertz CT molecular complexity index is 1350. The molecule has 0 aliphatic carbocycles. The number of pyridine rings is 1. The molecule has 2 heterocycles. The summed E-state index contributed by atoms with van der Waals surface area (Å²) in [7, 11) is -5.57. The van der Waals surface area contributed by atoms with E-state index in [2.05, 4.69) is 4.98 Å². The zero-order valence-electron chi connectivity index (χ0n) is 17.4. The first-order chi connectivity index (χ1) is 16.1. The highest BCUT2D eigenvalue weighted by atomic mass is 32.2. The molecule has 1 fully saturated rings. The Morgan fingerprint density at radius 2 is 1.68 bits per heavy atom. The smallest absolute Gasteiger partial charge is 0.396 e. The number of amides is 3. The van der Waals surface area contributed by atoms with E-state index in [4.69, 9.17) is 0 Å². The van der Waals surface area contributed by atoms with Gasteiger partial charge in [-0.2, -0.15) is 13.2 Å². The van der Waals surface area contributed by atoms with E-state index in [1.807, 2.05) is 12.1 Å². The maximum absolute atomic E-state index is 13.2. The molecule has 1 atom stereocenters. The van der Waals surface area contributed by atoms with Crippen molar-refractivity contribution in [2.45, 2.75) is 29.4 Å². The number of aliphatic hydroxyl groups excluding tert-OH is 1. The van der Waals surface area contributed by atoms with Gasteiger partial charge in [0.05, 0.1) is 16.1 Å². The number of anilines is 1. The predicted octanol–water partition coefficient (Wildman–Crippen LogP) is 3.25. The van der Waals surface area contributed by atoms with Crippen molar-refractivity contribution in [2.75, 3.05) is 11.5 Å². The number of urea groups is 1. The number of benzene rings is 2. The Morgan fingerprint density at radius 3 is 2.32 bits per heavy atom. The maximum Gasteiger partial charge on any atom is 0.501 e. The number of aliphatic hydroxyl groups is 1. The Hall–Kier alpha value is -3.51. The lowest BCUT2D eigenvalue weighted by Gasteiger charge is -2.22. The number of alkyl halides is 3. The number of para-hydroxylation sites is 1. The molecule has 1 saturated heterocycles. The summed E-state index contributed by atoms with van der Waals surface area (Å²) in [6.45, 7) is -0.358. The maximum atomic E-state index is 13.2. The lowest BCUT2D eigenvalue weighted by molar-refractivity contribution is -0.120. The number of halogens is 3. The van der Waals surface area contributed by atoms with Crippen LogP contribution in [0.5, 0.6) is 0 Å². The molecule has 0 radical (unpaired) electrons. The summed E-state index contributed by atoms with van der Waals surface area (Å²) in [4.78, 5) is 31.6. The Balaban J connectivity index is 1.68. The van der Waals surface area contributed by atoms with Gasteiger partial charge in [0.15, 0.2) is 0 Å². The number of hydrogen-bond acceptors (Lipinski definition) is 6. The fourth-order valence-electron chi connectivity index (χ4n) is 3.84. The summed E-state index contributed by atoms with van der Waals surface area (Å²) in [5, 5.41) is 10.2. The lowest BCUT2D eigenvalue weighted by atomic mass is 10.1. The van der Waals surface area contributed by atoms with Crippen LogP contribution in [0.1, 0.15) is 12.0 Å². The molecule has 12 heteroatoms. The van der Waals surface area contributed by atoms with Crippen molar-refractivity contribution in [3.05, 3.63) is 66.4 Å². The summed E-state index contributed by atoms with van der Waals surface area (Å²) in [5.74, 6) is -0.677. The third-order valence-electron chi connectivity index (χ3n) is 5.51. The largest absolute Gasteiger partial charge is 0.501 e. The summed E-state index contributed by atoms with van der Waals surface area (Å²) < 4.78 is 61.6. The van der Waals surface area contributed by atoms with Crippen LogP contribution in [-0.2, 0) is 21.2 Å². The van der Waals surface area contributed by atoms with Crippen molar-refractivity contribution < 1.29 is 36.3 Å². The number of imide groups is 1. The minimum Gasteiger partial charge on any atom is -0.396 e. The molecule has 4 rings (SSSR count). The number of carbonyl (C=O) groups is 2. The molecule has 3 aromatic rings.